The second-order valence-corrected chi connectivity index (χ2v) is 5.66. The van der Waals surface area contributed by atoms with E-state index in [0.717, 1.165) is 22.6 Å². The van der Waals surface area contributed by atoms with Gasteiger partial charge in [-0.2, -0.15) is 5.10 Å². The number of nitrogens with zero attached hydrogens (tertiary/aromatic N) is 2. The Morgan fingerprint density at radius 1 is 0.778 bits per heavy atom. The van der Waals surface area contributed by atoms with Crippen molar-refractivity contribution in [3.63, 3.8) is 0 Å². The van der Waals surface area contributed by atoms with Crippen molar-refractivity contribution in [1.82, 2.24) is 5.43 Å². The Morgan fingerprint density at radius 2 is 1.26 bits per heavy atom. The van der Waals surface area contributed by atoms with E-state index in [1.807, 2.05) is 84.9 Å². The fourth-order valence-electron chi connectivity index (χ4n) is 2.53. The number of benzene rings is 3. The van der Waals surface area contributed by atoms with Crippen molar-refractivity contribution in [2.75, 3.05) is 4.90 Å². The molecule has 0 spiro atoms. The lowest BCUT2D eigenvalue weighted by atomic mass is 10.1. The standard InChI is InChI=1S/C21H18N4O2/c22-20(26)21(27)24-23-15-16-11-13-19(14-12-16)25(17-7-3-1-4-8-17)18-9-5-2-6-10-18/h1-15H,(H2,22,26)(H,24,27). The molecule has 134 valence electrons. The van der Waals surface area contributed by atoms with Crippen molar-refractivity contribution >= 4 is 35.1 Å². The Bertz CT molecular complexity index is 899. The number of hydrazone groups is 1. The van der Waals surface area contributed by atoms with Crippen LogP contribution in [0.15, 0.2) is 90.0 Å². The number of rotatable bonds is 5. The van der Waals surface area contributed by atoms with E-state index in [1.54, 1.807) is 0 Å². The van der Waals surface area contributed by atoms with Gasteiger partial charge in [-0.05, 0) is 42.0 Å². The molecule has 0 fully saturated rings. The molecule has 0 aliphatic heterocycles. The van der Waals surface area contributed by atoms with Gasteiger partial charge in [-0.3, -0.25) is 9.59 Å². The maximum atomic E-state index is 11.1. The number of carbonyl (C=O) groups is 2. The van der Waals surface area contributed by atoms with Gasteiger partial charge in [0.25, 0.3) is 0 Å². The van der Waals surface area contributed by atoms with E-state index in [1.165, 1.54) is 6.21 Å². The normalized spacial score (nSPS) is 10.5. The van der Waals surface area contributed by atoms with Gasteiger partial charge in [-0.25, -0.2) is 5.43 Å². The summed E-state index contributed by atoms with van der Waals surface area (Å²) < 4.78 is 0. The van der Waals surface area contributed by atoms with Gasteiger partial charge in [0, 0.05) is 17.1 Å². The average molecular weight is 358 g/mol. The van der Waals surface area contributed by atoms with Gasteiger partial charge in [0.05, 0.1) is 6.21 Å². The molecule has 6 nitrogen and oxygen atoms in total. The van der Waals surface area contributed by atoms with Crippen LogP contribution in [-0.2, 0) is 9.59 Å². The zero-order valence-corrected chi connectivity index (χ0v) is 14.4. The highest BCUT2D eigenvalue weighted by Crippen LogP contribution is 2.33. The van der Waals surface area contributed by atoms with Crippen LogP contribution in [0.5, 0.6) is 0 Å². The highest BCUT2D eigenvalue weighted by atomic mass is 16.2. The molecule has 0 radical (unpaired) electrons. The average Bonchev–Trinajstić information content (AvgIpc) is 2.71. The maximum Gasteiger partial charge on any atom is 0.329 e. The number of primary amides is 1. The van der Waals surface area contributed by atoms with Crippen LogP contribution < -0.4 is 16.1 Å². The lowest BCUT2D eigenvalue weighted by molar-refractivity contribution is -0.137. The monoisotopic (exact) mass is 358 g/mol. The third kappa shape index (κ3) is 4.58. The summed E-state index contributed by atoms with van der Waals surface area (Å²) in [7, 11) is 0. The SMILES string of the molecule is NC(=O)C(=O)NN=Cc1ccc(N(c2ccccc2)c2ccccc2)cc1. The van der Waals surface area contributed by atoms with Crippen molar-refractivity contribution in [2.24, 2.45) is 10.8 Å². The quantitative estimate of drug-likeness (QED) is 0.417. The lowest BCUT2D eigenvalue weighted by Gasteiger charge is -2.25. The number of nitrogens with one attached hydrogen (secondary N) is 1. The number of nitrogens with two attached hydrogens (primary N) is 1. The number of carbonyl (C=O) groups excluding carboxylic acids is 2. The molecule has 0 heterocycles. The second kappa shape index (κ2) is 8.44. The molecule has 0 unspecified atom stereocenters. The summed E-state index contributed by atoms with van der Waals surface area (Å²) in [5.74, 6) is -2.04. The number of hydrogen-bond acceptors (Lipinski definition) is 4. The predicted molar refractivity (Wildman–Crippen MR) is 106 cm³/mol. The first kappa shape index (κ1) is 17.9. The van der Waals surface area contributed by atoms with E-state index in [-0.39, 0.29) is 0 Å². The topological polar surface area (TPSA) is 87.8 Å². The van der Waals surface area contributed by atoms with E-state index >= 15 is 0 Å². The Kier molecular flexibility index (Phi) is 5.59. The minimum Gasteiger partial charge on any atom is -0.361 e. The fourth-order valence-corrected chi connectivity index (χ4v) is 2.53. The first-order valence-corrected chi connectivity index (χ1v) is 8.28. The Morgan fingerprint density at radius 3 is 1.74 bits per heavy atom. The van der Waals surface area contributed by atoms with Gasteiger partial charge in [-0.1, -0.05) is 48.5 Å². The van der Waals surface area contributed by atoms with Gasteiger partial charge >= 0.3 is 11.8 Å². The zero-order valence-electron chi connectivity index (χ0n) is 14.4. The smallest absolute Gasteiger partial charge is 0.329 e. The van der Waals surface area contributed by atoms with Gasteiger partial charge < -0.3 is 10.6 Å². The van der Waals surface area contributed by atoms with Crippen LogP contribution in [0.3, 0.4) is 0 Å². The summed E-state index contributed by atoms with van der Waals surface area (Å²) in [6, 6.07) is 27.8. The largest absolute Gasteiger partial charge is 0.361 e. The Labute approximate surface area is 156 Å². The molecule has 0 bridgehead atoms. The van der Waals surface area contributed by atoms with Gasteiger partial charge in [0.15, 0.2) is 0 Å². The van der Waals surface area contributed by atoms with Gasteiger partial charge in [-0.15, -0.1) is 0 Å². The molecule has 0 aliphatic rings. The highest BCUT2D eigenvalue weighted by molar-refractivity contribution is 6.34. The van der Waals surface area contributed by atoms with Gasteiger partial charge in [0.2, 0.25) is 0 Å². The molecule has 0 saturated heterocycles. The summed E-state index contributed by atoms with van der Waals surface area (Å²) in [4.78, 5) is 23.9. The summed E-state index contributed by atoms with van der Waals surface area (Å²) in [5.41, 5.74) is 10.7. The maximum absolute atomic E-state index is 11.1. The van der Waals surface area contributed by atoms with E-state index in [0.29, 0.717) is 0 Å². The highest BCUT2D eigenvalue weighted by Gasteiger charge is 2.11. The predicted octanol–water partition coefficient (Wildman–Crippen LogP) is 3.09. The molecule has 3 N–H and O–H groups in total. The zero-order chi connectivity index (χ0) is 19.1. The number of hydrogen-bond donors (Lipinski definition) is 2. The summed E-state index contributed by atoms with van der Waals surface area (Å²) in [6.45, 7) is 0. The molecular weight excluding hydrogens is 340 g/mol. The lowest BCUT2D eigenvalue weighted by Crippen LogP contribution is -2.32. The Balaban J connectivity index is 1.85. The van der Waals surface area contributed by atoms with Crippen LogP contribution in [0.25, 0.3) is 0 Å². The Hall–Kier alpha value is -3.93. The van der Waals surface area contributed by atoms with Crippen molar-refractivity contribution in [1.29, 1.82) is 0 Å². The molecule has 3 aromatic carbocycles. The molecular formula is C21H18N4O2. The molecule has 0 atom stereocenters. The third-order valence-corrected chi connectivity index (χ3v) is 3.78. The molecule has 0 saturated carbocycles. The van der Waals surface area contributed by atoms with E-state index in [4.69, 9.17) is 5.73 Å². The van der Waals surface area contributed by atoms with Crippen LogP contribution in [0.2, 0.25) is 0 Å². The van der Waals surface area contributed by atoms with Gasteiger partial charge in [0.1, 0.15) is 0 Å². The number of amides is 2. The van der Waals surface area contributed by atoms with Crippen LogP contribution >= 0.6 is 0 Å². The fraction of sp³-hybridized carbons (Fsp3) is 0. The summed E-state index contributed by atoms with van der Waals surface area (Å²) in [6.07, 6.45) is 1.44. The van der Waals surface area contributed by atoms with Crippen molar-refractivity contribution < 1.29 is 9.59 Å². The molecule has 6 heteroatoms. The van der Waals surface area contributed by atoms with Crippen LogP contribution in [0, 0.1) is 0 Å². The van der Waals surface area contributed by atoms with E-state index in [9.17, 15) is 9.59 Å². The minimum absolute atomic E-state index is 0.768. The van der Waals surface area contributed by atoms with Crippen molar-refractivity contribution in [2.45, 2.75) is 0 Å². The number of anilines is 3. The third-order valence-electron chi connectivity index (χ3n) is 3.78. The second-order valence-electron chi connectivity index (χ2n) is 5.66. The van der Waals surface area contributed by atoms with E-state index < -0.39 is 11.8 Å². The van der Waals surface area contributed by atoms with E-state index in [2.05, 4.69) is 15.4 Å². The van der Waals surface area contributed by atoms with Crippen LogP contribution in [0.1, 0.15) is 5.56 Å². The molecule has 3 aromatic rings. The van der Waals surface area contributed by atoms with Crippen molar-refractivity contribution in [3.05, 3.63) is 90.5 Å². The van der Waals surface area contributed by atoms with Crippen LogP contribution in [-0.4, -0.2) is 18.0 Å². The molecule has 0 aromatic heterocycles. The number of para-hydroxylation sites is 2. The first-order valence-electron chi connectivity index (χ1n) is 8.28. The summed E-state index contributed by atoms with van der Waals surface area (Å²) in [5, 5.41) is 3.71. The first-order chi connectivity index (χ1) is 13.1. The minimum atomic E-state index is -1.08. The molecule has 3 rings (SSSR count). The summed E-state index contributed by atoms with van der Waals surface area (Å²) >= 11 is 0. The molecule has 27 heavy (non-hydrogen) atoms. The molecule has 2 amide bonds. The molecule has 0 aliphatic carbocycles. The van der Waals surface area contributed by atoms with Crippen LogP contribution in [0.4, 0.5) is 17.1 Å². The van der Waals surface area contributed by atoms with Crippen molar-refractivity contribution in [3.8, 4) is 0 Å².